The summed E-state index contributed by atoms with van der Waals surface area (Å²) in [5.74, 6) is 1.66. The van der Waals surface area contributed by atoms with E-state index in [1.54, 1.807) is 0 Å². The predicted molar refractivity (Wildman–Crippen MR) is 105 cm³/mol. The molecular formula is C22H17NO2S. The Hall–Kier alpha value is -2.72. The molecule has 0 amide bonds. The maximum absolute atomic E-state index is 5.58. The molecule has 0 spiro atoms. The first-order chi connectivity index (χ1) is 12.9. The van der Waals surface area contributed by atoms with Crippen LogP contribution < -0.4 is 9.47 Å². The zero-order valence-electron chi connectivity index (χ0n) is 14.1. The monoisotopic (exact) mass is 359 g/mol. The van der Waals surface area contributed by atoms with Gasteiger partial charge in [-0.1, -0.05) is 48.5 Å². The number of ether oxygens (including phenoxy) is 2. The topological polar surface area (TPSA) is 30.8 Å². The van der Waals surface area contributed by atoms with Gasteiger partial charge >= 0.3 is 0 Å². The molecule has 1 atom stereocenters. The van der Waals surface area contributed by atoms with Gasteiger partial charge < -0.3 is 9.47 Å². The average Bonchev–Trinajstić information content (AvgIpc) is 3.07. The van der Waals surface area contributed by atoms with Gasteiger partial charge in [-0.2, -0.15) is 0 Å². The van der Waals surface area contributed by atoms with E-state index in [0.717, 1.165) is 29.3 Å². The number of fused-ring (bicyclic) bond motifs is 2. The van der Waals surface area contributed by atoms with Crippen LogP contribution >= 0.6 is 11.8 Å². The molecule has 0 aliphatic carbocycles. The smallest absolute Gasteiger partial charge is 0.231 e. The number of para-hydroxylation sites is 1. The Morgan fingerprint density at radius 3 is 2.58 bits per heavy atom. The molecule has 128 valence electrons. The lowest BCUT2D eigenvalue weighted by molar-refractivity contribution is 0.174. The average molecular weight is 359 g/mol. The molecule has 0 radical (unpaired) electrons. The van der Waals surface area contributed by atoms with Crippen molar-refractivity contribution in [3.63, 3.8) is 0 Å². The molecule has 3 nitrogen and oxygen atoms in total. The van der Waals surface area contributed by atoms with E-state index in [1.807, 2.05) is 30.0 Å². The Morgan fingerprint density at radius 2 is 1.65 bits per heavy atom. The minimum absolute atomic E-state index is 0.270. The summed E-state index contributed by atoms with van der Waals surface area (Å²) in [6.07, 6.45) is 0.864. The molecule has 0 bridgehead atoms. The minimum Gasteiger partial charge on any atom is -0.454 e. The Labute approximate surface area is 156 Å². The third kappa shape index (κ3) is 2.86. The zero-order valence-corrected chi connectivity index (χ0v) is 14.9. The second kappa shape index (κ2) is 6.54. The van der Waals surface area contributed by atoms with Crippen molar-refractivity contribution in [2.45, 2.75) is 16.6 Å². The van der Waals surface area contributed by atoms with Crippen LogP contribution in [0.3, 0.4) is 0 Å². The summed E-state index contributed by atoms with van der Waals surface area (Å²) in [6, 6.07) is 25.1. The van der Waals surface area contributed by atoms with Crippen LogP contribution in [0, 0.1) is 0 Å². The lowest BCUT2D eigenvalue weighted by Gasteiger charge is -2.16. The molecule has 3 aromatic carbocycles. The summed E-state index contributed by atoms with van der Waals surface area (Å²) >= 11 is 1.86. The van der Waals surface area contributed by atoms with Crippen LogP contribution in [0.5, 0.6) is 11.5 Å². The first-order valence-corrected chi connectivity index (χ1v) is 9.53. The standard InChI is InChI=1S/C22H17NO2S/c1-2-6-15(7-3-1)18-13-22(26-21-9-5-4-8-17(21)23-18)16-10-11-19-20(12-16)25-14-24-19/h1-12,22H,13-14H2/t22-/m0/s1. The van der Waals surface area contributed by atoms with Crippen LogP contribution in [0.15, 0.2) is 82.7 Å². The highest BCUT2D eigenvalue weighted by molar-refractivity contribution is 7.99. The van der Waals surface area contributed by atoms with Crippen molar-refractivity contribution < 1.29 is 9.47 Å². The molecule has 0 aromatic heterocycles. The van der Waals surface area contributed by atoms with E-state index in [9.17, 15) is 0 Å². The van der Waals surface area contributed by atoms with Gasteiger partial charge in [-0.05, 0) is 35.4 Å². The highest BCUT2D eigenvalue weighted by atomic mass is 32.2. The summed E-state index contributed by atoms with van der Waals surface area (Å²) in [5.41, 5.74) is 4.57. The molecule has 0 unspecified atom stereocenters. The molecule has 2 heterocycles. The van der Waals surface area contributed by atoms with Crippen molar-refractivity contribution in [2.24, 2.45) is 4.99 Å². The lowest BCUT2D eigenvalue weighted by atomic mass is 10.0. The number of benzene rings is 3. The van der Waals surface area contributed by atoms with Gasteiger partial charge in [0, 0.05) is 22.3 Å². The van der Waals surface area contributed by atoms with E-state index < -0.39 is 0 Å². The zero-order chi connectivity index (χ0) is 17.3. The summed E-state index contributed by atoms with van der Waals surface area (Å²) < 4.78 is 11.0. The first kappa shape index (κ1) is 15.5. The molecule has 3 aromatic rings. The SMILES string of the molecule is c1ccc(C2=Nc3ccccc3S[C@H](c3ccc4c(c3)OCO4)C2)cc1. The number of hydrogen-bond acceptors (Lipinski definition) is 4. The summed E-state index contributed by atoms with van der Waals surface area (Å²) in [7, 11) is 0. The molecule has 2 aliphatic rings. The van der Waals surface area contributed by atoms with Crippen molar-refractivity contribution in [1.82, 2.24) is 0 Å². The van der Waals surface area contributed by atoms with E-state index >= 15 is 0 Å². The minimum atomic E-state index is 0.270. The van der Waals surface area contributed by atoms with Crippen LogP contribution in [0.4, 0.5) is 5.69 Å². The molecule has 0 saturated heterocycles. The van der Waals surface area contributed by atoms with Gasteiger partial charge in [0.1, 0.15) is 0 Å². The van der Waals surface area contributed by atoms with Gasteiger partial charge in [0.25, 0.3) is 0 Å². The fourth-order valence-corrected chi connectivity index (χ4v) is 4.54. The lowest BCUT2D eigenvalue weighted by Crippen LogP contribution is -2.05. The third-order valence-electron chi connectivity index (χ3n) is 4.64. The molecule has 0 fully saturated rings. The molecule has 4 heteroatoms. The Balaban J connectivity index is 1.58. The van der Waals surface area contributed by atoms with Crippen LogP contribution in [-0.2, 0) is 0 Å². The van der Waals surface area contributed by atoms with Gasteiger partial charge in [0.05, 0.1) is 5.69 Å². The predicted octanol–water partition coefficient (Wildman–Crippen LogP) is 5.77. The van der Waals surface area contributed by atoms with Gasteiger partial charge in [0.2, 0.25) is 6.79 Å². The second-order valence-corrected chi connectivity index (χ2v) is 7.56. The maximum Gasteiger partial charge on any atom is 0.231 e. The summed E-state index contributed by atoms with van der Waals surface area (Å²) in [4.78, 5) is 6.21. The van der Waals surface area contributed by atoms with E-state index in [4.69, 9.17) is 14.5 Å². The van der Waals surface area contributed by atoms with Crippen LogP contribution in [0.1, 0.15) is 22.8 Å². The van der Waals surface area contributed by atoms with E-state index in [-0.39, 0.29) is 5.25 Å². The Morgan fingerprint density at radius 1 is 0.846 bits per heavy atom. The second-order valence-electron chi connectivity index (χ2n) is 6.32. The number of rotatable bonds is 2. The normalized spacial score (nSPS) is 18.0. The van der Waals surface area contributed by atoms with Gasteiger partial charge in [0.15, 0.2) is 11.5 Å². The molecule has 2 aliphatic heterocycles. The fraction of sp³-hybridized carbons (Fsp3) is 0.136. The van der Waals surface area contributed by atoms with Crippen LogP contribution in [-0.4, -0.2) is 12.5 Å². The first-order valence-electron chi connectivity index (χ1n) is 8.65. The van der Waals surface area contributed by atoms with Crippen LogP contribution in [0.25, 0.3) is 0 Å². The van der Waals surface area contributed by atoms with Gasteiger partial charge in [-0.25, -0.2) is 0 Å². The number of thioether (sulfide) groups is 1. The van der Waals surface area contributed by atoms with Crippen molar-refractivity contribution >= 4 is 23.2 Å². The van der Waals surface area contributed by atoms with Crippen LogP contribution in [0.2, 0.25) is 0 Å². The Kier molecular flexibility index (Phi) is 3.91. The van der Waals surface area contributed by atoms with Crippen molar-refractivity contribution in [1.29, 1.82) is 0 Å². The molecule has 26 heavy (non-hydrogen) atoms. The molecular weight excluding hydrogens is 342 g/mol. The highest BCUT2D eigenvalue weighted by Crippen LogP contribution is 2.47. The Bertz CT molecular complexity index is 984. The third-order valence-corrected chi connectivity index (χ3v) is 5.97. The van der Waals surface area contributed by atoms with Gasteiger partial charge in [-0.3, -0.25) is 4.99 Å². The summed E-state index contributed by atoms with van der Waals surface area (Å²) in [6.45, 7) is 0.302. The fourth-order valence-electron chi connectivity index (χ4n) is 3.32. The van der Waals surface area contributed by atoms with Crippen molar-refractivity contribution in [2.75, 3.05) is 6.79 Å². The molecule has 0 N–H and O–H groups in total. The molecule has 5 rings (SSSR count). The quantitative estimate of drug-likeness (QED) is 0.582. The highest BCUT2D eigenvalue weighted by Gasteiger charge is 2.24. The number of nitrogens with zero attached hydrogens (tertiary/aromatic N) is 1. The largest absolute Gasteiger partial charge is 0.454 e. The van der Waals surface area contributed by atoms with E-state index in [2.05, 4.69) is 54.6 Å². The van der Waals surface area contributed by atoms with E-state index in [1.165, 1.54) is 16.0 Å². The number of aliphatic imine (C=N–C) groups is 1. The maximum atomic E-state index is 5.58. The summed E-state index contributed by atoms with van der Waals surface area (Å²) in [5, 5.41) is 0.270. The van der Waals surface area contributed by atoms with Crippen molar-refractivity contribution in [3.05, 3.63) is 83.9 Å². The van der Waals surface area contributed by atoms with E-state index in [0.29, 0.717) is 6.79 Å². The van der Waals surface area contributed by atoms with Crippen molar-refractivity contribution in [3.8, 4) is 11.5 Å². The number of hydrogen-bond donors (Lipinski definition) is 0. The van der Waals surface area contributed by atoms with Gasteiger partial charge in [-0.15, -0.1) is 11.8 Å². The molecule has 0 saturated carbocycles.